The Kier molecular flexibility index (Phi) is 12.9. The van der Waals surface area contributed by atoms with Crippen LogP contribution in [0.1, 0.15) is 43.4 Å². The summed E-state index contributed by atoms with van der Waals surface area (Å²) in [5.41, 5.74) is 14.3. The molecule has 0 bridgehead atoms. The minimum atomic E-state index is -1.36. The normalized spacial score (nSPS) is 13.1. The number of benzene rings is 6. The van der Waals surface area contributed by atoms with Crippen LogP contribution in [0.5, 0.6) is 0 Å². The number of furan rings is 1. The van der Waals surface area contributed by atoms with Gasteiger partial charge in [0.1, 0.15) is 0 Å². The van der Waals surface area contributed by atoms with Crippen LogP contribution in [-0.2, 0) is 26.5 Å². The minimum Gasteiger partial charge on any atom is -0.486 e. The number of fused-ring (bicyclic) bond motifs is 4. The first-order valence-corrected chi connectivity index (χ1v) is 26.2. The second-order valence-electron chi connectivity index (χ2n) is 18.2. The molecule has 325 valence electrons. The molecule has 0 saturated heterocycles. The van der Waals surface area contributed by atoms with Crippen molar-refractivity contribution < 1.29 is 24.5 Å². The summed E-state index contributed by atoms with van der Waals surface area (Å²) in [5, 5.41) is 3.53. The van der Waals surface area contributed by atoms with Crippen molar-refractivity contribution in [3.63, 3.8) is 0 Å². The van der Waals surface area contributed by atoms with E-state index in [1.54, 1.807) is 10.8 Å². The van der Waals surface area contributed by atoms with Gasteiger partial charge in [-0.15, -0.1) is 54.1 Å². The molecule has 6 aromatic carbocycles. The molecule has 0 amide bonds. The van der Waals surface area contributed by atoms with Gasteiger partial charge < -0.3 is 14.0 Å². The third kappa shape index (κ3) is 9.06. The first-order valence-electron chi connectivity index (χ1n) is 22.7. The molecule has 1 aliphatic rings. The Labute approximate surface area is 397 Å². The maximum absolute atomic E-state index is 6.44. The number of para-hydroxylation sites is 3. The number of nitrogens with zero attached hydrogens (tertiary/aromatic N) is 4. The van der Waals surface area contributed by atoms with Crippen LogP contribution in [-0.4, -0.2) is 27.6 Å². The molecule has 11 rings (SSSR count). The molecule has 5 nitrogen and oxygen atoms in total. The van der Waals surface area contributed by atoms with Gasteiger partial charge in [-0.2, -0.15) is 0 Å². The van der Waals surface area contributed by atoms with Crippen LogP contribution in [0.2, 0.25) is 19.6 Å². The molecule has 1 aliphatic carbocycles. The van der Waals surface area contributed by atoms with Crippen molar-refractivity contribution in [1.29, 1.82) is 0 Å². The summed E-state index contributed by atoms with van der Waals surface area (Å²) >= 11 is 0. The Morgan fingerprint density at radius 3 is 2.06 bits per heavy atom. The van der Waals surface area contributed by atoms with Crippen LogP contribution < -0.4 is 5.19 Å². The Hall–Kier alpha value is -6.24. The van der Waals surface area contributed by atoms with E-state index in [2.05, 4.69) is 169 Å². The van der Waals surface area contributed by atoms with Crippen molar-refractivity contribution >= 4 is 46.4 Å². The topological polar surface area (TPSA) is 56.7 Å². The summed E-state index contributed by atoms with van der Waals surface area (Å²) in [6, 6.07) is 61.3. The largest absolute Gasteiger partial charge is 0.486 e. The molecule has 0 atom stereocenters. The molecule has 4 heterocycles. The predicted molar refractivity (Wildman–Crippen MR) is 268 cm³/mol. The molecule has 7 heteroatoms. The van der Waals surface area contributed by atoms with Gasteiger partial charge in [0.2, 0.25) is 5.71 Å². The van der Waals surface area contributed by atoms with Crippen molar-refractivity contribution in [3.05, 3.63) is 187 Å². The zero-order chi connectivity index (χ0) is 43.6. The van der Waals surface area contributed by atoms with E-state index in [-0.39, 0.29) is 20.1 Å². The Morgan fingerprint density at radius 2 is 1.37 bits per heavy atom. The molecule has 0 N–H and O–H groups in total. The van der Waals surface area contributed by atoms with Gasteiger partial charge in [0.05, 0.1) is 36.2 Å². The van der Waals surface area contributed by atoms with Gasteiger partial charge in [0, 0.05) is 48.5 Å². The van der Waals surface area contributed by atoms with Gasteiger partial charge in [0.25, 0.3) is 0 Å². The van der Waals surface area contributed by atoms with E-state index in [0.717, 1.165) is 89.6 Å². The number of aromatic nitrogens is 4. The maximum Gasteiger partial charge on any atom is 0.216 e. The smallest absolute Gasteiger partial charge is 0.216 e. The van der Waals surface area contributed by atoms with Crippen molar-refractivity contribution in [3.8, 4) is 50.6 Å². The predicted octanol–water partition coefficient (Wildman–Crippen LogP) is 14.6. The van der Waals surface area contributed by atoms with Gasteiger partial charge >= 0.3 is 0 Å². The summed E-state index contributed by atoms with van der Waals surface area (Å²) in [4.78, 5) is 14.7. The number of aryl methyl sites for hydroxylation is 1. The first kappa shape index (κ1) is 44.0. The fraction of sp³-hybridized carbons (Fsp3) is 0.190. The van der Waals surface area contributed by atoms with Gasteiger partial charge in [0.15, 0.2) is 0 Å². The molecule has 4 aromatic heterocycles. The van der Waals surface area contributed by atoms with Gasteiger partial charge in [-0.3, -0.25) is 4.98 Å². The summed E-state index contributed by atoms with van der Waals surface area (Å²) in [6.07, 6.45) is 10.5. The molecule has 1 radical (unpaired) electrons. The Balaban J connectivity index is 0.000000189. The molecule has 0 aliphatic heterocycles. The van der Waals surface area contributed by atoms with E-state index in [9.17, 15) is 0 Å². The zero-order valence-electron chi connectivity index (χ0n) is 37.4. The number of rotatable bonds is 8. The fourth-order valence-corrected chi connectivity index (χ4v) is 11.1. The van der Waals surface area contributed by atoms with Gasteiger partial charge in [-0.25, -0.2) is 4.98 Å². The fourth-order valence-electron chi connectivity index (χ4n) is 9.53. The quantitative estimate of drug-likeness (QED) is 0.112. The molecule has 0 spiro atoms. The van der Waals surface area contributed by atoms with E-state index in [0.29, 0.717) is 5.71 Å². The summed E-state index contributed by atoms with van der Waals surface area (Å²) in [7, 11) is -1.36. The molecular weight excluding hydrogens is 989 g/mol. The molecule has 10 aromatic rings. The van der Waals surface area contributed by atoms with Crippen LogP contribution in [0.25, 0.3) is 83.7 Å². The standard InChI is InChI=1S/C37H24N3O.C21H28NSi.Ir/c1-24-22-23-30-29-18-11-19-31(35(29)41-37(30)38-24)36-39-32-20-8-9-21-33(32)40(36)34-27(25-12-4-2-5-13-25)16-10-17-28(34)26-14-6-3-7-15-26;1-23(2,3)21-16-22-20(18-12-8-5-9-13-18)15-19(21)14-17-10-6-4-7-11-17;/h2-18,20-23H,1H3;5,8-9,12,15-17H,4,6-7,10-11,14H2,1-3H3;/q2*-1;. The van der Waals surface area contributed by atoms with Gasteiger partial charge in [-0.1, -0.05) is 165 Å². The zero-order valence-corrected chi connectivity index (χ0v) is 40.8. The van der Waals surface area contributed by atoms with Crippen LogP contribution in [0.15, 0.2) is 168 Å². The molecule has 1 fully saturated rings. The van der Waals surface area contributed by atoms with E-state index >= 15 is 0 Å². The number of imidazole rings is 1. The number of hydrogen-bond acceptors (Lipinski definition) is 4. The number of hydrogen-bond donors (Lipinski definition) is 0. The summed E-state index contributed by atoms with van der Waals surface area (Å²) < 4.78 is 8.71. The first-order chi connectivity index (χ1) is 31.3. The third-order valence-corrected chi connectivity index (χ3v) is 14.7. The van der Waals surface area contributed by atoms with E-state index in [4.69, 9.17) is 14.4 Å². The van der Waals surface area contributed by atoms with E-state index in [1.165, 1.54) is 38.5 Å². The molecule has 0 unspecified atom stereocenters. The Morgan fingerprint density at radius 1 is 0.677 bits per heavy atom. The van der Waals surface area contributed by atoms with Crippen LogP contribution in [0.4, 0.5) is 0 Å². The van der Waals surface area contributed by atoms with Crippen LogP contribution in [0, 0.1) is 25.0 Å². The van der Waals surface area contributed by atoms with E-state index < -0.39 is 8.07 Å². The minimum absolute atomic E-state index is 0. The summed E-state index contributed by atoms with van der Waals surface area (Å²) in [6.45, 7) is 9.28. The molecular formula is C58H52IrN4OSi-2. The van der Waals surface area contributed by atoms with Crippen LogP contribution in [0.3, 0.4) is 0 Å². The number of pyridine rings is 2. The van der Waals surface area contributed by atoms with Crippen molar-refractivity contribution in [2.45, 2.75) is 65.1 Å². The maximum atomic E-state index is 6.44. The second-order valence-corrected chi connectivity index (χ2v) is 23.2. The van der Waals surface area contributed by atoms with Crippen molar-refractivity contribution in [2.75, 3.05) is 0 Å². The monoisotopic (exact) mass is 1040 g/mol. The average Bonchev–Trinajstić information content (AvgIpc) is 3.90. The Bertz CT molecular complexity index is 3160. The molecule has 65 heavy (non-hydrogen) atoms. The third-order valence-electron chi connectivity index (χ3n) is 12.7. The van der Waals surface area contributed by atoms with Gasteiger partial charge in [-0.05, 0) is 65.5 Å². The van der Waals surface area contributed by atoms with E-state index in [1.807, 2.05) is 43.3 Å². The molecule has 1 saturated carbocycles. The second kappa shape index (κ2) is 19.1. The van der Waals surface area contributed by atoms with Crippen molar-refractivity contribution in [2.24, 2.45) is 5.92 Å². The average molecular weight is 1040 g/mol. The van der Waals surface area contributed by atoms with Crippen molar-refractivity contribution in [1.82, 2.24) is 19.5 Å². The summed E-state index contributed by atoms with van der Waals surface area (Å²) in [5.74, 6) is 1.64. The SMILES string of the molecule is C[Si](C)(C)c1cnc(-c2[c-]cccc2)cc1CC1CCCCC1.Cc1ccc2c(n1)oc1c(-c3nc4ccccc4n3-c3c(-c4ccccc4)cccc3-c3ccccc3)[c-]ccc12.[Ir]. The van der Waals surface area contributed by atoms with Crippen LogP contribution >= 0.6 is 0 Å².